The Morgan fingerprint density at radius 1 is 1.30 bits per heavy atom. The molecule has 1 N–H and O–H groups in total. The number of carbonyl (C=O) groups is 1. The van der Waals surface area contributed by atoms with Gasteiger partial charge in [0.25, 0.3) is 5.91 Å². The van der Waals surface area contributed by atoms with E-state index >= 15 is 0 Å². The molecular weight excluding hydrogens is 248 g/mol. The molecule has 0 aliphatic heterocycles. The summed E-state index contributed by atoms with van der Waals surface area (Å²) >= 11 is 0. The van der Waals surface area contributed by atoms with E-state index in [0.29, 0.717) is 0 Å². The monoisotopic (exact) mass is 272 g/mol. The van der Waals surface area contributed by atoms with Crippen molar-refractivity contribution in [3.05, 3.63) is 35.0 Å². The zero-order valence-corrected chi connectivity index (χ0v) is 13.3. The number of fused-ring (bicyclic) bond motifs is 1. The summed E-state index contributed by atoms with van der Waals surface area (Å²) in [4.78, 5) is 17.8. The van der Waals surface area contributed by atoms with E-state index < -0.39 is 0 Å². The highest BCUT2D eigenvalue weighted by molar-refractivity contribution is 5.99. The summed E-state index contributed by atoms with van der Waals surface area (Å²) in [5.41, 5.74) is 4.09. The molecule has 1 aromatic carbocycles. The van der Waals surface area contributed by atoms with Crippen LogP contribution in [0.1, 0.15) is 48.8 Å². The van der Waals surface area contributed by atoms with Crippen LogP contribution in [-0.4, -0.2) is 28.4 Å². The highest BCUT2D eigenvalue weighted by atomic mass is 16.2. The van der Waals surface area contributed by atoms with Gasteiger partial charge in [-0.2, -0.15) is 0 Å². The molecule has 2 aromatic rings. The summed E-state index contributed by atoms with van der Waals surface area (Å²) in [7, 11) is 1.88. The molecule has 2 rings (SSSR count). The van der Waals surface area contributed by atoms with Crippen LogP contribution in [0.15, 0.2) is 18.2 Å². The lowest BCUT2D eigenvalue weighted by molar-refractivity contribution is 0.0620. The first-order chi connectivity index (χ1) is 9.27. The third kappa shape index (κ3) is 2.33. The minimum absolute atomic E-state index is 0.0806. The molecule has 1 heterocycles. The second-order valence-corrected chi connectivity index (χ2v) is 6.17. The van der Waals surface area contributed by atoms with Crippen molar-refractivity contribution in [3.63, 3.8) is 0 Å². The van der Waals surface area contributed by atoms with Crippen LogP contribution in [-0.2, 0) is 0 Å². The van der Waals surface area contributed by atoms with Crippen LogP contribution in [0.2, 0.25) is 0 Å². The molecule has 0 saturated carbocycles. The lowest BCUT2D eigenvalue weighted by Gasteiger charge is -2.35. The number of nitrogens with zero attached hydrogens (tertiary/aromatic N) is 1. The van der Waals surface area contributed by atoms with Gasteiger partial charge in [-0.1, -0.05) is 6.92 Å². The molecule has 0 spiro atoms. The number of benzene rings is 1. The molecule has 0 fully saturated rings. The minimum Gasteiger partial charge on any atom is -0.358 e. The summed E-state index contributed by atoms with van der Waals surface area (Å²) in [5, 5.41) is 1.14. The Kier molecular flexibility index (Phi) is 3.63. The van der Waals surface area contributed by atoms with Crippen LogP contribution < -0.4 is 0 Å². The molecular formula is C17H24N2O. The highest BCUT2D eigenvalue weighted by Crippen LogP contribution is 2.25. The Hall–Kier alpha value is -1.77. The lowest BCUT2D eigenvalue weighted by atomic mass is 9.98. The van der Waals surface area contributed by atoms with Gasteiger partial charge in [0, 0.05) is 34.7 Å². The average Bonchev–Trinajstić information content (AvgIpc) is 2.72. The molecule has 0 saturated heterocycles. The van der Waals surface area contributed by atoms with Gasteiger partial charge in [0.15, 0.2) is 0 Å². The Bertz CT molecular complexity index is 652. The smallest absolute Gasteiger partial charge is 0.254 e. The van der Waals surface area contributed by atoms with Gasteiger partial charge in [0.1, 0.15) is 0 Å². The van der Waals surface area contributed by atoms with E-state index in [1.807, 2.05) is 30.1 Å². The molecule has 0 bridgehead atoms. The van der Waals surface area contributed by atoms with E-state index in [1.165, 1.54) is 5.56 Å². The number of rotatable bonds is 3. The van der Waals surface area contributed by atoms with Crippen molar-refractivity contribution in [1.82, 2.24) is 9.88 Å². The second-order valence-electron chi connectivity index (χ2n) is 6.17. The SMILES string of the molecule is CCC(C)(C)N(C)C(=O)c1ccc2[nH]c(C)c(C)c2c1. The maximum atomic E-state index is 12.6. The van der Waals surface area contributed by atoms with Gasteiger partial charge in [-0.05, 0) is 57.9 Å². The summed E-state index contributed by atoms with van der Waals surface area (Å²) < 4.78 is 0. The van der Waals surface area contributed by atoms with Crippen molar-refractivity contribution in [2.24, 2.45) is 0 Å². The molecule has 0 aliphatic carbocycles. The van der Waals surface area contributed by atoms with Gasteiger partial charge in [-0.3, -0.25) is 4.79 Å². The first kappa shape index (κ1) is 14.6. The minimum atomic E-state index is -0.130. The zero-order valence-electron chi connectivity index (χ0n) is 13.3. The summed E-state index contributed by atoms with van der Waals surface area (Å²) in [5.74, 6) is 0.0806. The Labute approximate surface area is 121 Å². The maximum absolute atomic E-state index is 12.6. The van der Waals surface area contributed by atoms with Crippen molar-refractivity contribution < 1.29 is 4.79 Å². The quantitative estimate of drug-likeness (QED) is 0.899. The number of hydrogen-bond donors (Lipinski definition) is 1. The van der Waals surface area contributed by atoms with Gasteiger partial charge in [0.05, 0.1) is 0 Å². The fourth-order valence-corrected chi connectivity index (χ4v) is 2.30. The summed E-state index contributed by atoms with van der Waals surface area (Å²) in [6.45, 7) is 10.4. The van der Waals surface area contributed by atoms with Gasteiger partial charge in [-0.25, -0.2) is 0 Å². The van der Waals surface area contributed by atoms with Crippen molar-refractivity contribution in [3.8, 4) is 0 Å². The lowest BCUT2D eigenvalue weighted by Crippen LogP contribution is -2.44. The molecule has 1 aromatic heterocycles. The molecule has 0 radical (unpaired) electrons. The molecule has 0 aliphatic rings. The van der Waals surface area contributed by atoms with Gasteiger partial charge in [0.2, 0.25) is 0 Å². The number of aromatic nitrogens is 1. The molecule has 20 heavy (non-hydrogen) atoms. The van der Waals surface area contributed by atoms with Crippen molar-refractivity contribution in [2.45, 2.75) is 46.6 Å². The standard InChI is InChI=1S/C17H24N2O/c1-7-17(4,5)19(6)16(20)13-8-9-15-14(10-13)11(2)12(3)18-15/h8-10,18H,7H2,1-6H3. The van der Waals surface area contributed by atoms with Crippen LogP contribution in [0.4, 0.5) is 0 Å². The van der Waals surface area contributed by atoms with Crippen LogP contribution in [0.5, 0.6) is 0 Å². The number of hydrogen-bond acceptors (Lipinski definition) is 1. The number of carbonyl (C=O) groups excluding carboxylic acids is 1. The number of aryl methyl sites for hydroxylation is 2. The molecule has 3 heteroatoms. The van der Waals surface area contributed by atoms with Crippen LogP contribution in [0.3, 0.4) is 0 Å². The summed E-state index contributed by atoms with van der Waals surface area (Å²) in [6, 6.07) is 5.90. The molecule has 0 unspecified atom stereocenters. The molecule has 3 nitrogen and oxygen atoms in total. The number of nitrogens with one attached hydrogen (secondary N) is 1. The topological polar surface area (TPSA) is 36.1 Å². The zero-order chi connectivity index (χ0) is 15.1. The van der Waals surface area contributed by atoms with Crippen LogP contribution >= 0.6 is 0 Å². The second kappa shape index (κ2) is 4.97. The summed E-state index contributed by atoms with van der Waals surface area (Å²) in [6.07, 6.45) is 0.930. The van der Waals surface area contributed by atoms with E-state index in [2.05, 4.69) is 39.6 Å². The van der Waals surface area contributed by atoms with Crippen molar-refractivity contribution >= 4 is 16.8 Å². The molecule has 108 valence electrons. The Morgan fingerprint density at radius 3 is 2.55 bits per heavy atom. The Balaban J connectivity index is 2.43. The van der Waals surface area contributed by atoms with Crippen LogP contribution in [0, 0.1) is 13.8 Å². The van der Waals surface area contributed by atoms with Crippen molar-refractivity contribution in [2.75, 3.05) is 7.05 Å². The van der Waals surface area contributed by atoms with Gasteiger partial charge >= 0.3 is 0 Å². The molecule has 1 amide bonds. The normalized spacial score (nSPS) is 11.9. The number of aromatic amines is 1. The van der Waals surface area contributed by atoms with E-state index in [1.54, 1.807) is 0 Å². The van der Waals surface area contributed by atoms with Crippen molar-refractivity contribution in [1.29, 1.82) is 0 Å². The van der Waals surface area contributed by atoms with Gasteiger partial charge < -0.3 is 9.88 Å². The van der Waals surface area contributed by atoms with E-state index in [4.69, 9.17) is 0 Å². The maximum Gasteiger partial charge on any atom is 0.254 e. The highest BCUT2D eigenvalue weighted by Gasteiger charge is 2.26. The van der Waals surface area contributed by atoms with Gasteiger partial charge in [-0.15, -0.1) is 0 Å². The van der Waals surface area contributed by atoms with Crippen LogP contribution in [0.25, 0.3) is 10.9 Å². The third-order valence-electron chi connectivity index (χ3n) is 4.63. The van der Waals surface area contributed by atoms with E-state index in [0.717, 1.165) is 28.6 Å². The Morgan fingerprint density at radius 2 is 1.95 bits per heavy atom. The fourth-order valence-electron chi connectivity index (χ4n) is 2.30. The third-order valence-corrected chi connectivity index (χ3v) is 4.63. The number of H-pyrrole nitrogens is 1. The van der Waals surface area contributed by atoms with E-state index in [9.17, 15) is 4.79 Å². The molecule has 0 atom stereocenters. The predicted molar refractivity (Wildman–Crippen MR) is 84.2 cm³/mol. The first-order valence-corrected chi connectivity index (χ1v) is 7.15. The largest absolute Gasteiger partial charge is 0.358 e. The average molecular weight is 272 g/mol. The fraction of sp³-hybridized carbons (Fsp3) is 0.471. The first-order valence-electron chi connectivity index (χ1n) is 7.15. The number of amides is 1. The van der Waals surface area contributed by atoms with E-state index in [-0.39, 0.29) is 11.4 Å². The predicted octanol–water partition coefficient (Wildman–Crippen LogP) is 4.05.